The minimum Gasteiger partial charge on any atom is -0.377 e. The number of halogens is 1. The number of hydrogen-bond acceptors (Lipinski definition) is 3. The van der Waals surface area contributed by atoms with Crippen LogP contribution in [-0.4, -0.2) is 11.4 Å². The summed E-state index contributed by atoms with van der Waals surface area (Å²) < 4.78 is 3.77. The zero-order valence-electron chi connectivity index (χ0n) is 3.89. The van der Waals surface area contributed by atoms with Gasteiger partial charge in [0.15, 0.2) is 0 Å². The van der Waals surface area contributed by atoms with E-state index in [1.807, 2.05) is 0 Å². The highest BCUT2D eigenvalue weighted by Gasteiger charge is 1.99. The second kappa shape index (κ2) is 3.21. The Kier molecular flexibility index (Phi) is 2.88. The van der Waals surface area contributed by atoms with Crippen molar-refractivity contribution in [3.05, 3.63) is 12.7 Å². The first kappa shape index (κ1) is 7.17. The number of carbonyl (C=O) groups excluding carboxylic acids is 2. The molecule has 0 spiro atoms. The van der Waals surface area contributed by atoms with Gasteiger partial charge in [0.1, 0.15) is 0 Å². The molecule has 0 saturated heterocycles. The van der Waals surface area contributed by atoms with Gasteiger partial charge in [0.2, 0.25) is 0 Å². The molecule has 0 heterocycles. The SMILES string of the molecule is C=CC(=O)OC(=O)Cl. The standard InChI is InChI=1S/C4H3ClO3/c1-2-3(6)8-4(5)7/h2H,1H2. The van der Waals surface area contributed by atoms with Crippen LogP contribution in [0.5, 0.6) is 0 Å². The molecule has 0 amide bonds. The molecule has 0 aromatic rings. The quantitative estimate of drug-likeness (QED) is 0.233. The zero-order chi connectivity index (χ0) is 6.57. The van der Waals surface area contributed by atoms with Crippen molar-refractivity contribution >= 4 is 23.0 Å². The fraction of sp³-hybridized carbons (Fsp3) is 0. The normalized spacial score (nSPS) is 7.62. The first-order valence-corrected chi connectivity index (χ1v) is 2.08. The summed E-state index contributed by atoms with van der Waals surface area (Å²) in [6, 6.07) is 0. The Balaban J connectivity index is 3.55. The molecule has 0 aliphatic rings. The molecule has 3 nitrogen and oxygen atoms in total. The third kappa shape index (κ3) is 3.36. The Morgan fingerprint density at radius 3 is 2.25 bits per heavy atom. The minimum atomic E-state index is -1.14. The molecular weight excluding hydrogens is 131 g/mol. The van der Waals surface area contributed by atoms with Crippen LogP contribution in [0.25, 0.3) is 0 Å². The van der Waals surface area contributed by atoms with Crippen LogP contribution < -0.4 is 0 Å². The van der Waals surface area contributed by atoms with Crippen LogP contribution in [0.4, 0.5) is 4.79 Å². The largest absolute Gasteiger partial charge is 0.411 e. The highest BCUT2D eigenvalue weighted by Crippen LogP contribution is 1.86. The Hall–Kier alpha value is -0.830. The van der Waals surface area contributed by atoms with E-state index in [2.05, 4.69) is 22.9 Å². The summed E-state index contributed by atoms with van der Waals surface area (Å²) in [6.45, 7) is 3.03. The van der Waals surface area contributed by atoms with Gasteiger partial charge < -0.3 is 4.74 Å². The fourth-order valence-corrected chi connectivity index (χ4v) is 0.197. The van der Waals surface area contributed by atoms with Crippen molar-refractivity contribution in [2.45, 2.75) is 0 Å². The first-order chi connectivity index (χ1) is 3.66. The maximum Gasteiger partial charge on any atom is 0.411 e. The van der Waals surface area contributed by atoms with Gasteiger partial charge in [-0.25, -0.2) is 9.59 Å². The van der Waals surface area contributed by atoms with Crippen molar-refractivity contribution in [3.8, 4) is 0 Å². The molecule has 0 aliphatic carbocycles. The lowest BCUT2D eigenvalue weighted by Crippen LogP contribution is -2.00. The molecule has 0 radical (unpaired) electrons. The summed E-state index contributed by atoms with van der Waals surface area (Å²) in [5.74, 6) is -0.843. The van der Waals surface area contributed by atoms with E-state index in [4.69, 9.17) is 0 Å². The van der Waals surface area contributed by atoms with Crippen LogP contribution >= 0.6 is 11.6 Å². The monoisotopic (exact) mass is 134 g/mol. The van der Waals surface area contributed by atoms with E-state index in [0.717, 1.165) is 6.08 Å². The van der Waals surface area contributed by atoms with Crippen LogP contribution in [0.15, 0.2) is 12.7 Å². The number of ether oxygens (including phenoxy) is 1. The van der Waals surface area contributed by atoms with Crippen LogP contribution in [0.2, 0.25) is 0 Å². The molecule has 0 aromatic carbocycles. The molecule has 0 atom stereocenters. The lowest BCUT2D eigenvalue weighted by molar-refractivity contribution is -0.130. The summed E-state index contributed by atoms with van der Waals surface area (Å²) in [7, 11) is 0. The van der Waals surface area contributed by atoms with Gasteiger partial charge in [-0.05, 0) is 0 Å². The van der Waals surface area contributed by atoms with Gasteiger partial charge in [0, 0.05) is 17.7 Å². The average molecular weight is 135 g/mol. The van der Waals surface area contributed by atoms with Gasteiger partial charge in [0.05, 0.1) is 0 Å². The van der Waals surface area contributed by atoms with E-state index in [1.165, 1.54) is 0 Å². The molecule has 4 heteroatoms. The van der Waals surface area contributed by atoms with Crippen molar-refractivity contribution in [2.24, 2.45) is 0 Å². The molecule has 0 rings (SSSR count). The predicted octanol–water partition coefficient (Wildman–Crippen LogP) is 1.07. The summed E-state index contributed by atoms with van der Waals surface area (Å²) in [5, 5.41) is 0. The molecule has 0 N–H and O–H groups in total. The third-order valence-electron chi connectivity index (χ3n) is 0.348. The minimum absolute atomic E-state index is 0.843. The smallest absolute Gasteiger partial charge is 0.377 e. The summed E-state index contributed by atoms with van der Waals surface area (Å²) in [4.78, 5) is 19.7. The van der Waals surface area contributed by atoms with Gasteiger partial charge in [-0.15, -0.1) is 0 Å². The molecule has 0 bridgehead atoms. The zero-order valence-corrected chi connectivity index (χ0v) is 4.64. The van der Waals surface area contributed by atoms with Gasteiger partial charge >= 0.3 is 11.4 Å². The molecule has 8 heavy (non-hydrogen) atoms. The number of rotatable bonds is 1. The summed E-state index contributed by atoms with van der Waals surface area (Å²) in [6.07, 6.45) is 0.848. The van der Waals surface area contributed by atoms with Crippen LogP contribution in [0, 0.1) is 0 Å². The van der Waals surface area contributed by atoms with Gasteiger partial charge in [-0.1, -0.05) is 6.58 Å². The van der Waals surface area contributed by atoms with Crippen LogP contribution in [0.3, 0.4) is 0 Å². The van der Waals surface area contributed by atoms with Crippen molar-refractivity contribution in [3.63, 3.8) is 0 Å². The highest BCUT2D eigenvalue weighted by molar-refractivity contribution is 6.62. The molecule has 0 fully saturated rings. The molecule has 0 saturated carbocycles. The topological polar surface area (TPSA) is 43.4 Å². The van der Waals surface area contributed by atoms with E-state index in [-0.39, 0.29) is 0 Å². The molecular formula is C4H3ClO3. The maximum absolute atomic E-state index is 9.98. The second-order valence-electron chi connectivity index (χ2n) is 0.863. The fourth-order valence-electron chi connectivity index (χ4n) is 0.121. The van der Waals surface area contributed by atoms with E-state index >= 15 is 0 Å². The summed E-state index contributed by atoms with van der Waals surface area (Å²) >= 11 is 4.62. The summed E-state index contributed by atoms with van der Waals surface area (Å²) in [5.41, 5.74) is -1.14. The number of hydrogen-bond donors (Lipinski definition) is 0. The van der Waals surface area contributed by atoms with E-state index in [9.17, 15) is 9.59 Å². The highest BCUT2D eigenvalue weighted by atomic mass is 35.5. The van der Waals surface area contributed by atoms with Crippen molar-refractivity contribution in [1.82, 2.24) is 0 Å². The van der Waals surface area contributed by atoms with Crippen molar-refractivity contribution < 1.29 is 14.3 Å². The number of carbonyl (C=O) groups is 2. The van der Waals surface area contributed by atoms with Gasteiger partial charge in [-0.3, -0.25) is 0 Å². The molecule has 44 valence electrons. The van der Waals surface area contributed by atoms with Crippen LogP contribution in [0.1, 0.15) is 0 Å². The van der Waals surface area contributed by atoms with E-state index in [1.54, 1.807) is 0 Å². The van der Waals surface area contributed by atoms with E-state index in [0.29, 0.717) is 0 Å². The molecule has 0 aliphatic heterocycles. The Morgan fingerprint density at radius 2 is 2.12 bits per heavy atom. The Labute approximate surface area is 50.9 Å². The molecule has 0 aromatic heterocycles. The maximum atomic E-state index is 9.98. The second-order valence-corrected chi connectivity index (χ2v) is 1.17. The van der Waals surface area contributed by atoms with Crippen molar-refractivity contribution in [2.75, 3.05) is 0 Å². The Morgan fingerprint density at radius 1 is 1.62 bits per heavy atom. The van der Waals surface area contributed by atoms with E-state index < -0.39 is 11.4 Å². The lowest BCUT2D eigenvalue weighted by Gasteiger charge is -1.86. The average Bonchev–Trinajstić information content (AvgIpc) is 1.65. The van der Waals surface area contributed by atoms with Crippen molar-refractivity contribution in [1.29, 1.82) is 0 Å². The van der Waals surface area contributed by atoms with Gasteiger partial charge in [0.25, 0.3) is 0 Å². The van der Waals surface area contributed by atoms with Gasteiger partial charge in [-0.2, -0.15) is 0 Å². The molecule has 0 unspecified atom stereocenters. The Bertz CT molecular complexity index is 129. The lowest BCUT2D eigenvalue weighted by atomic mass is 10.7. The first-order valence-electron chi connectivity index (χ1n) is 1.70. The number of esters is 1. The van der Waals surface area contributed by atoms with Crippen LogP contribution in [-0.2, 0) is 9.53 Å². The third-order valence-corrected chi connectivity index (χ3v) is 0.425. The predicted molar refractivity (Wildman–Crippen MR) is 27.5 cm³/mol.